The average molecular weight is 263 g/mol. The molecule has 0 saturated carbocycles. The van der Waals surface area contributed by atoms with Crippen LogP contribution >= 0.6 is 0 Å². The zero-order valence-electron chi connectivity index (χ0n) is 13.4. The molecule has 108 valence electrons. The summed E-state index contributed by atoms with van der Waals surface area (Å²) in [5.74, 6) is 0.504. The molecule has 0 amide bonds. The van der Waals surface area contributed by atoms with Crippen LogP contribution in [0.25, 0.3) is 0 Å². The van der Waals surface area contributed by atoms with Gasteiger partial charge in [-0.2, -0.15) is 5.26 Å². The third-order valence-electron chi connectivity index (χ3n) is 3.42. The van der Waals surface area contributed by atoms with Gasteiger partial charge in [0.1, 0.15) is 0 Å². The first-order valence-electron chi connectivity index (χ1n) is 7.30. The molecule has 0 spiro atoms. The van der Waals surface area contributed by atoms with Gasteiger partial charge in [-0.1, -0.05) is 38.0 Å². The van der Waals surface area contributed by atoms with E-state index in [4.69, 9.17) is 4.74 Å². The van der Waals surface area contributed by atoms with Gasteiger partial charge >= 0.3 is 0 Å². The van der Waals surface area contributed by atoms with Crippen LogP contribution in [0.15, 0.2) is 22.8 Å². The predicted molar refractivity (Wildman–Crippen MR) is 81.8 cm³/mol. The van der Waals surface area contributed by atoms with E-state index in [1.54, 1.807) is 0 Å². The molecule has 2 unspecified atom stereocenters. The molecule has 0 aliphatic rings. The van der Waals surface area contributed by atoms with E-state index in [0.29, 0.717) is 12.5 Å². The van der Waals surface area contributed by atoms with Gasteiger partial charge in [-0.05, 0) is 39.5 Å². The lowest BCUT2D eigenvalue weighted by atomic mass is 9.84. The number of allylic oxidation sites excluding steroid dienone is 3. The predicted octanol–water partition coefficient (Wildman–Crippen LogP) is 4.88. The summed E-state index contributed by atoms with van der Waals surface area (Å²) < 4.78 is 5.70. The highest BCUT2D eigenvalue weighted by Gasteiger charge is 2.21. The van der Waals surface area contributed by atoms with Crippen molar-refractivity contribution in [3.8, 4) is 6.07 Å². The largest absolute Gasteiger partial charge is 0.381 e. The van der Waals surface area contributed by atoms with Crippen molar-refractivity contribution < 1.29 is 4.74 Å². The summed E-state index contributed by atoms with van der Waals surface area (Å²) in [6.07, 6.45) is 4.35. The van der Waals surface area contributed by atoms with Gasteiger partial charge < -0.3 is 4.74 Å². The summed E-state index contributed by atoms with van der Waals surface area (Å²) in [4.78, 5) is 0. The van der Waals surface area contributed by atoms with Crippen molar-refractivity contribution in [2.75, 3.05) is 13.2 Å². The van der Waals surface area contributed by atoms with Gasteiger partial charge in [-0.15, -0.1) is 0 Å². The molecule has 19 heavy (non-hydrogen) atoms. The maximum atomic E-state index is 9.38. The average Bonchev–Trinajstić information content (AvgIpc) is 2.37. The minimum atomic E-state index is 0.169. The first-order valence-corrected chi connectivity index (χ1v) is 7.30. The molecule has 2 heteroatoms. The molecule has 0 aromatic rings. The van der Waals surface area contributed by atoms with Gasteiger partial charge in [-0.25, -0.2) is 0 Å². The van der Waals surface area contributed by atoms with E-state index in [1.165, 1.54) is 5.57 Å². The van der Waals surface area contributed by atoms with Crippen LogP contribution in [0.2, 0.25) is 0 Å². The van der Waals surface area contributed by atoms with Gasteiger partial charge in [0.2, 0.25) is 0 Å². The smallest absolute Gasteiger partial charge is 0.0950 e. The molecule has 0 heterocycles. The van der Waals surface area contributed by atoms with Gasteiger partial charge in [-0.3, -0.25) is 0 Å². The standard InChI is InChI=1S/C17H29NO/c1-7-9-19-12-17(16(11-18)13(3)4)15(6)10-14(5)8-2/h10,15,17H,7-9,12H2,1-6H3/b14-10+. The zero-order chi connectivity index (χ0) is 14.8. The second kappa shape index (κ2) is 9.81. The lowest BCUT2D eigenvalue weighted by Gasteiger charge is -2.23. The Balaban J connectivity index is 5.06. The quantitative estimate of drug-likeness (QED) is 0.355. The molecule has 0 N–H and O–H groups in total. The summed E-state index contributed by atoms with van der Waals surface area (Å²) in [7, 11) is 0. The summed E-state index contributed by atoms with van der Waals surface area (Å²) in [5.41, 5.74) is 3.35. The first-order chi connectivity index (χ1) is 8.97. The summed E-state index contributed by atoms with van der Waals surface area (Å²) in [6.45, 7) is 14.0. The Labute approximate surface area is 119 Å². The third-order valence-corrected chi connectivity index (χ3v) is 3.42. The SMILES string of the molecule is CCCOCC(C(C#N)=C(C)C)C(C)/C=C(\C)CC. The molecule has 0 saturated heterocycles. The van der Waals surface area contributed by atoms with Crippen molar-refractivity contribution in [1.29, 1.82) is 5.26 Å². The minimum absolute atomic E-state index is 0.169. The van der Waals surface area contributed by atoms with Crippen molar-refractivity contribution >= 4 is 0 Å². The molecule has 0 aliphatic carbocycles. The molecule has 2 atom stereocenters. The molecule has 2 nitrogen and oxygen atoms in total. The summed E-state index contributed by atoms with van der Waals surface area (Å²) in [6, 6.07) is 2.37. The second-order valence-corrected chi connectivity index (χ2v) is 5.43. The fourth-order valence-corrected chi connectivity index (χ4v) is 2.10. The number of hydrogen-bond acceptors (Lipinski definition) is 2. The monoisotopic (exact) mass is 263 g/mol. The number of nitriles is 1. The molecule has 0 bridgehead atoms. The van der Waals surface area contributed by atoms with Crippen molar-refractivity contribution in [1.82, 2.24) is 0 Å². The van der Waals surface area contributed by atoms with Crippen LogP contribution in [-0.4, -0.2) is 13.2 Å². The van der Waals surface area contributed by atoms with Crippen LogP contribution in [0, 0.1) is 23.2 Å². The van der Waals surface area contributed by atoms with Gasteiger partial charge in [0, 0.05) is 18.1 Å². The normalized spacial score (nSPS) is 14.7. The van der Waals surface area contributed by atoms with Crippen LogP contribution < -0.4 is 0 Å². The Hall–Kier alpha value is -1.07. The highest BCUT2D eigenvalue weighted by molar-refractivity contribution is 5.30. The topological polar surface area (TPSA) is 33.0 Å². The van der Waals surface area contributed by atoms with E-state index < -0.39 is 0 Å². The van der Waals surface area contributed by atoms with Crippen molar-refractivity contribution in [2.24, 2.45) is 11.8 Å². The van der Waals surface area contributed by atoms with E-state index >= 15 is 0 Å². The number of ether oxygens (including phenoxy) is 1. The van der Waals surface area contributed by atoms with E-state index in [9.17, 15) is 5.26 Å². The second-order valence-electron chi connectivity index (χ2n) is 5.43. The molecule has 0 fully saturated rings. The van der Waals surface area contributed by atoms with E-state index in [0.717, 1.165) is 30.6 Å². The molecule has 0 rings (SSSR count). The fourth-order valence-electron chi connectivity index (χ4n) is 2.10. The van der Waals surface area contributed by atoms with Crippen molar-refractivity contribution in [3.63, 3.8) is 0 Å². The summed E-state index contributed by atoms with van der Waals surface area (Å²) in [5, 5.41) is 9.38. The maximum Gasteiger partial charge on any atom is 0.0950 e. The first kappa shape index (κ1) is 17.9. The van der Waals surface area contributed by atoms with Crippen LogP contribution in [0.1, 0.15) is 54.4 Å². The highest BCUT2D eigenvalue weighted by atomic mass is 16.5. The van der Waals surface area contributed by atoms with Gasteiger partial charge in [0.15, 0.2) is 0 Å². The minimum Gasteiger partial charge on any atom is -0.381 e. The number of nitrogens with zero attached hydrogens (tertiary/aromatic N) is 1. The zero-order valence-corrected chi connectivity index (χ0v) is 13.4. The lowest BCUT2D eigenvalue weighted by Crippen LogP contribution is -2.20. The van der Waals surface area contributed by atoms with Gasteiger partial charge in [0.25, 0.3) is 0 Å². The van der Waals surface area contributed by atoms with Crippen molar-refractivity contribution in [2.45, 2.75) is 54.4 Å². The van der Waals surface area contributed by atoms with Crippen molar-refractivity contribution in [3.05, 3.63) is 22.8 Å². The number of rotatable bonds is 8. The highest BCUT2D eigenvalue weighted by Crippen LogP contribution is 2.26. The van der Waals surface area contributed by atoms with E-state index in [1.807, 2.05) is 13.8 Å². The Bertz CT molecular complexity index is 356. The third kappa shape index (κ3) is 6.59. The Kier molecular flexibility index (Phi) is 9.26. The summed E-state index contributed by atoms with van der Waals surface area (Å²) >= 11 is 0. The molecule has 0 aromatic heterocycles. The molecule has 0 aliphatic heterocycles. The van der Waals surface area contributed by atoms with Crippen LogP contribution in [-0.2, 0) is 4.74 Å². The van der Waals surface area contributed by atoms with Crippen LogP contribution in [0.4, 0.5) is 0 Å². The van der Waals surface area contributed by atoms with E-state index in [-0.39, 0.29) is 5.92 Å². The van der Waals surface area contributed by atoms with Crippen LogP contribution in [0.5, 0.6) is 0 Å². The fraction of sp³-hybridized carbons (Fsp3) is 0.706. The van der Waals surface area contributed by atoms with E-state index in [2.05, 4.69) is 39.8 Å². The maximum absolute atomic E-state index is 9.38. The number of hydrogen-bond donors (Lipinski definition) is 0. The Morgan fingerprint density at radius 2 is 1.89 bits per heavy atom. The Morgan fingerprint density at radius 1 is 1.26 bits per heavy atom. The molecular weight excluding hydrogens is 234 g/mol. The van der Waals surface area contributed by atoms with Crippen LogP contribution in [0.3, 0.4) is 0 Å². The molecule has 0 aromatic carbocycles. The molecule has 0 radical (unpaired) electrons. The lowest BCUT2D eigenvalue weighted by molar-refractivity contribution is 0.101. The molecular formula is C17H29NO. The van der Waals surface area contributed by atoms with Gasteiger partial charge in [0.05, 0.1) is 12.7 Å². The Morgan fingerprint density at radius 3 is 2.32 bits per heavy atom.